The average molecular weight is 887 g/mol. The van der Waals surface area contributed by atoms with Crippen molar-refractivity contribution in [3.05, 3.63) is 95.5 Å². The second-order valence-electron chi connectivity index (χ2n) is 20.7. The molecule has 1 spiro atoms. The molecule has 3 aromatic carbocycles. The molecule has 9 rings (SSSR count). The number of alkyl halides is 2. The number of carbonyl (C=O) groups is 3. The third kappa shape index (κ3) is 7.75. The largest absolute Gasteiger partial charge is 0.357 e. The molecule has 3 heterocycles. The lowest BCUT2D eigenvalue weighted by atomic mass is 9.95. The Balaban J connectivity index is 0.943. The molecule has 0 radical (unpaired) electrons. The Hall–Kier alpha value is -5.40. The summed E-state index contributed by atoms with van der Waals surface area (Å²) in [5.41, 5.74) is 18.2. The van der Waals surface area contributed by atoms with Crippen LogP contribution in [0, 0.1) is 29.1 Å². The third-order valence-corrected chi connectivity index (χ3v) is 15.3. The Bertz CT molecular complexity index is 2610. The maximum Gasteiger partial charge on any atom is 0.299 e. The van der Waals surface area contributed by atoms with Crippen molar-refractivity contribution in [2.24, 2.45) is 40.6 Å². The molecular weight excluding hydrogens is 823 g/mol. The standard InChI is InChI=1S/C52H64F2N8O3/c1-9-39(57-29(8)42-24-51(18-19-51)25-61(42)49(64)44(56)27(4)5)32-12-16-36-35-15-11-30(21-37(35)52(53,54)38(36)22-32)31-13-17-40-41(23-31)59-47(58-40)46-33-10-14-34(20-33)62(46)50(65)45(28(6)7)60-48(63)43(55)26(2)3/h9,11-13,15-17,21-23,26-28,33-34,42-46,57H,8,10,14,18-20,24-25,55-56H2,1-7H3,(H,58,59)(H,60,63)/b39-9-. The van der Waals surface area contributed by atoms with Gasteiger partial charge in [-0.1, -0.05) is 84.5 Å². The van der Waals surface area contributed by atoms with Gasteiger partial charge >= 0.3 is 0 Å². The molecule has 4 fully saturated rings. The molecule has 4 aromatic rings. The topological polar surface area (TPSA) is 162 Å². The number of rotatable bonds is 13. The second kappa shape index (κ2) is 16.5. The molecule has 3 amide bonds. The quantitative estimate of drug-likeness (QED) is 0.0902. The van der Waals surface area contributed by atoms with Crippen LogP contribution in [0.5, 0.6) is 0 Å². The van der Waals surface area contributed by atoms with Gasteiger partial charge in [-0.05, 0) is 127 Å². The normalized spacial score (nSPS) is 23.9. The van der Waals surface area contributed by atoms with E-state index in [9.17, 15) is 14.4 Å². The summed E-state index contributed by atoms with van der Waals surface area (Å²) in [6, 6.07) is 13.7. The van der Waals surface area contributed by atoms with Crippen molar-refractivity contribution in [3.63, 3.8) is 0 Å². The zero-order valence-electron chi connectivity index (χ0n) is 38.7. The van der Waals surface area contributed by atoms with Crippen LogP contribution >= 0.6 is 0 Å². The highest BCUT2D eigenvalue weighted by Crippen LogP contribution is 2.56. The molecule has 11 nitrogen and oxygen atoms in total. The molecule has 1 aromatic heterocycles. The minimum absolute atomic E-state index is 0.00169. The van der Waals surface area contributed by atoms with Crippen molar-refractivity contribution >= 4 is 34.5 Å². The van der Waals surface area contributed by atoms with E-state index in [1.54, 1.807) is 24.3 Å². The van der Waals surface area contributed by atoms with E-state index in [1.807, 2.05) is 94.7 Å². The number of hydrogen-bond acceptors (Lipinski definition) is 7. The maximum atomic E-state index is 16.7. The van der Waals surface area contributed by atoms with Crippen LogP contribution < -0.4 is 22.1 Å². The summed E-state index contributed by atoms with van der Waals surface area (Å²) in [4.78, 5) is 53.3. The van der Waals surface area contributed by atoms with Crippen molar-refractivity contribution in [1.29, 1.82) is 0 Å². The number of benzene rings is 3. The fourth-order valence-corrected chi connectivity index (χ4v) is 11.0. The van der Waals surface area contributed by atoms with Crippen molar-refractivity contribution in [3.8, 4) is 22.3 Å². The van der Waals surface area contributed by atoms with E-state index in [2.05, 4.69) is 22.2 Å². The molecule has 7 atom stereocenters. The highest BCUT2D eigenvalue weighted by molar-refractivity contribution is 5.91. The van der Waals surface area contributed by atoms with Crippen LogP contribution in [0.15, 0.2) is 72.9 Å². The Morgan fingerprint density at radius 1 is 0.877 bits per heavy atom. The Morgan fingerprint density at radius 2 is 1.54 bits per heavy atom. The van der Waals surface area contributed by atoms with Gasteiger partial charge in [0, 0.05) is 35.1 Å². The molecule has 2 saturated heterocycles. The number of nitrogens with one attached hydrogen (secondary N) is 3. The van der Waals surface area contributed by atoms with Crippen molar-refractivity contribution in [2.75, 3.05) is 6.54 Å². The molecule has 5 aliphatic rings. The van der Waals surface area contributed by atoms with Gasteiger partial charge in [0.25, 0.3) is 5.92 Å². The van der Waals surface area contributed by atoms with Gasteiger partial charge in [-0.15, -0.1) is 0 Å². The Morgan fingerprint density at radius 3 is 2.20 bits per heavy atom. The predicted octanol–water partition coefficient (Wildman–Crippen LogP) is 8.36. The number of likely N-dealkylation sites (tertiary alicyclic amines) is 2. The van der Waals surface area contributed by atoms with Crippen molar-refractivity contribution in [2.45, 2.75) is 129 Å². The number of amides is 3. The number of piperidine rings is 1. The summed E-state index contributed by atoms with van der Waals surface area (Å²) in [6.45, 7) is 18.4. The van der Waals surface area contributed by atoms with E-state index in [4.69, 9.17) is 16.5 Å². The number of aromatic nitrogens is 2. The van der Waals surface area contributed by atoms with Crippen LogP contribution in [0.2, 0.25) is 0 Å². The SMILES string of the molecule is C=C(N/C(=C\C)c1ccc2c(c1)C(F)(F)c1cc(-c3ccc4nc(C5C6CCC(C6)N5C(=O)C(NC(=O)C(N)C(C)C)C(C)C)[nH]c4c3)ccc1-2)C1CC2(CC2)CN1C(=O)C(N)C(C)C. The molecule has 7 N–H and O–H groups in total. The van der Waals surface area contributed by atoms with Gasteiger partial charge in [0.05, 0.1) is 35.2 Å². The molecule has 2 saturated carbocycles. The number of allylic oxidation sites excluding steroid dienone is 1. The molecule has 13 heteroatoms. The first-order valence-electron chi connectivity index (χ1n) is 23.6. The molecule has 2 bridgehead atoms. The summed E-state index contributed by atoms with van der Waals surface area (Å²) in [7, 11) is 0. The first-order valence-corrected chi connectivity index (χ1v) is 23.6. The van der Waals surface area contributed by atoms with Crippen molar-refractivity contribution < 1.29 is 23.2 Å². The van der Waals surface area contributed by atoms with Crippen LogP contribution in [-0.2, 0) is 20.3 Å². The summed E-state index contributed by atoms with van der Waals surface area (Å²) in [6.07, 6.45) is 7.54. The molecular formula is C52H64F2N8O3. The Kier molecular flexibility index (Phi) is 11.4. The molecule has 65 heavy (non-hydrogen) atoms. The van der Waals surface area contributed by atoms with Crippen molar-refractivity contribution in [1.82, 2.24) is 30.4 Å². The molecule has 7 unspecified atom stereocenters. The van der Waals surface area contributed by atoms with E-state index < -0.39 is 24.0 Å². The van der Waals surface area contributed by atoms with Crippen LogP contribution in [-0.4, -0.2) is 74.2 Å². The Labute approximate surface area is 380 Å². The third-order valence-electron chi connectivity index (χ3n) is 15.3. The van der Waals surface area contributed by atoms with E-state index in [0.717, 1.165) is 55.1 Å². The van der Waals surface area contributed by atoms with E-state index in [1.165, 1.54) is 0 Å². The minimum Gasteiger partial charge on any atom is -0.357 e. The second-order valence-corrected chi connectivity index (χ2v) is 20.7. The van der Waals surface area contributed by atoms with Gasteiger partial charge in [0.1, 0.15) is 11.9 Å². The zero-order chi connectivity index (χ0) is 46.4. The zero-order valence-corrected chi connectivity index (χ0v) is 38.7. The molecule has 3 aliphatic carbocycles. The van der Waals surface area contributed by atoms with Crippen LogP contribution in [0.25, 0.3) is 39.0 Å². The van der Waals surface area contributed by atoms with Crippen LogP contribution in [0.4, 0.5) is 8.78 Å². The first kappa shape index (κ1) is 44.8. The van der Waals surface area contributed by atoms with E-state index in [-0.39, 0.29) is 76.1 Å². The number of nitrogens with zero attached hydrogens (tertiary/aromatic N) is 3. The monoisotopic (exact) mass is 887 g/mol. The number of nitrogens with two attached hydrogens (primary N) is 2. The number of H-pyrrole nitrogens is 1. The van der Waals surface area contributed by atoms with Crippen LogP contribution in [0.3, 0.4) is 0 Å². The lowest BCUT2D eigenvalue weighted by Gasteiger charge is -2.38. The smallest absolute Gasteiger partial charge is 0.299 e. The van der Waals surface area contributed by atoms with E-state index in [0.29, 0.717) is 46.0 Å². The van der Waals surface area contributed by atoms with Gasteiger partial charge in [-0.3, -0.25) is 14.4 Å². The fraction of sp³-hybridized carbons (Fsp3) is 0.500. The lowest BCUT2D eigenvalue weighted by molar-refractivity contribution is -0.142. The number of fused-ring (bicyclic) bond motifs is 6. The number of aromatic amines is 1. The maximum absolute atomic E-state index is 16.7. The number of hydrogen-bond donors (Lipinski definition) is 5. The molecule has 2 aliphatic heterocycles. The molecule has 344 valence electrons. The predicted molar refractivity (Wildman–Crippen MR) is 251 cm³/mol. The van der Waals surface area contributed by atoms with Gasteiger partial charge in [0.2, 0.25) is 17.7 Å². The van der Waals surface area contributed by atoms with Gasteiger partial charge in [0.15, 0.2) is 0 Å². The van der Waals surface area contributed by atoms with E-state index >= 15 is 8.78 Å². The average Bonchev–Trinajstić information content (AvgIpc) is 3.74. The summed E-state index contributed by atoms with van der Waals surface area (Å²) >= 11 is 0. The summed E-state index contributed by atoms with van der Waals surface area (Å²) in [5.74, 6) is -3.11. The minimum atomic E-state index is -3.26. The fourth-order valence-electron chi connectivity index (χ4n) is 11.0. The van der Waals surface area contributed by atoms with Crippen LogP contribution in [0.1, 0.15) is 116 Å². The number of imidazole rings is 1. The number of halogens is 2. The van der Waals surface area contributed by atoms with Gasteiger partial charge in [-0.2, -0.15) is 8.78 Å². The number of carbonyl (C=O) groups excluding carboxylic acids is 3. The lowest BCUT2D eigenvalue weighted by Crippen LogP contribution is -2.57. The van der Waals surface area contributed by atoms with Gasteiger partial charge < -0.3 is 36.9 Å². The highest BCUT2D eigenvalue weighted by atomic mass is 19.3. The first-order chi connectivity index (χ1) is 30.8. The van der Waals surface area contributed by atoms with Gasteiger partial charge in [-0.25, -0.2) is 4.98 Å². The summed E-state index contributed by atoms with van der Waals surface area (Å²) < 4.78 is 33.4. The summed E-state index contributed by atoms with van der Waals surface area (Å²) in [5, 5.41) is 6.39. The highest BCUT2D eigenvalue weighted by Gasteiger charge is 2.55.